The number of ether oxygens (including phenoxy) is 2. The molecule has 2 rings (SSSR count). The van der Waals surface area contributed by atoms with Crippen LogP contribution in [-0.2, 0) is 21.4 Å². The summed E-state index contributed by atoms with van der Waals surface area (Å²) in [5.41, 5.74) is 2.16. The maximum absolute atomic E-state index is 12.4. The molecule has 5 nitrogen and oxygen atoms in total. The van der Waals surface area contributed by atoms with E-state index in [0.29, 0.717) is 18.0 Å². The molecule has 0 aliphatic heterocycles. The first-order valence-corrected chi connectivity index (χ1v) is 8.20. The SMILES string of the molecule is COCc1cccc(NS(=O)(=O)c2ccc(OC)c(C)c2)c1. The Bertz CT molecular complexity index is 756. The molecule has 6 heteroatoms. The molecule has 0 saturated heterocycles. The smallest absolute Gasteiger partial charge is 0.261 e. The van der Waals surface area contributed by atoms with Crippen molar-refractivity contribution < 1.29 is 17.9 Å². The molecule has 0 amide bonds. The molecule has 0 heterocycles. The largest absolute Gasteiger partial charge is 0.496 e. The molecule has 2 aromatic rings. The standard InChI is InChI=1S/C16H19NO4S/c1-12-9-15(7-8-16(12)21-3)22(18,19)17-14-6-4-5-13(10-14)11-20-2/h4-10,17H,11H2,1-3H3. The number of hydrogen-bond acceptors (Lipinski definition) is 4. The van der Waals surface area contributed by atoms with Gasteiger partial charge in [0.15, 0.2) is 0 Å². The Morgan fingerprint density at radius 2 is 1.86 bits per heavy atom. The van der Waals surface area contributed by atoms with Crippen LogP contribution in [0.3, 0.4) is 0 Å². The summed E-state index contributed by atoms with van der Waals surface area (Å²) in [7, 11) is -0.493. The Hall–Kier alpha value is -2.05. The second-order valence-electron chi connectivity index (χ2n) is 4.87. The lowest BCUT2D eigenvalue weighted by Gasteiger charge is -2.11. The van der Waals surface area contributed by atoms with Crippen molar-refractivity contribution in [3.63, 3.8) is 0 Å². The van der Waals surface area contributed by atoms with E-state index in [4.69, 9.17) is 9.47 Å². The highest BCUT2D eigenvalue weighted by molar-refractivity contribution is 7.92. The fourth-order valence-electron chi connectivity index (χ4n) is 2.12. The fraction of sp³-hybridized carbons (Fsp3) is 0.250. The number of anilines is 1. The summed E-state index contributed by atoms with van der Waals surface area (Å²) in [6.07, 6.45) is 0. The summed E-state index contributed by atoms with van der Waals surface area (Å²) in [5.74, 6) is 0.654. The van der Waals surface area contributed by atoms with Gasteiger partial charge in [-0.05, 0) is 48.4 Å². The van der Waals surface area contributed by atoms with Gasteiger partial charge in [-0.2, -0.15) is 0 Å². The van der Waals surface area contributed by atoms with Crippen molar-refractivity contribution in [2.75, 3.05) is 18.9 Å². The Morgan fingerprint density at radius 1 is 1.09 bits per heavy atom. The fourth-order valence-corrected chi connectivity index (χ4v) is 3.26. The van der Waals surface area contributed by atoms with Gasteiger partial charge in [-0.1, -0.05) is 12.1 Å². The first kappa shape index (κ1) is 16.3. The Labute approximate surface area is 130 Å². The molecule has 0 bridgehead atoms. The van der Waals surface area contributed by atoms with Crippen molar-refractivity contribution >= 4 is 15.7 Å². The van der Waals surface area contributed by atoms with Crippen LogP contribution in [0.2, 0.25) is 0 Å². The van der Waals surface area contributed by atoms with Crippen LogP contribution in [0, 0.1) is 6.92 Å². The zero-order chi connectivity index (χ0) is 16.2. The van der Waals surface area contributed by atoms with Crippen molar-refractivity contribution in [1.29, 1.82) is 0 Å². The van der Waals surface area contributed by atoms with E-state index in [9.17, 15) is 8.42 Å². The Morgan fingerprint density at radius 3 is 2.50 bits per heavy atom. The van der Waals surface area contributed by atoms with Gasteiger partial charge in [0.25, 0.3) is 10.0 Å². The van der Waals surface area contributed by atoms with Gasteiger partial charge in [-0.15, -0.1) is 0 Å². The number of rotatable bonds is 6. The highest BCUT2D eigenvalue weighted by Crippen LogP contribution is 2.23. The van der Waals surface area contributed by atoms with Gasteiger partial charge in [0.2, 0.25) is 0 Å². The van der Waals surface area contributed by atoms with Gasteiger partial charge in [0.1, 0.15) is 5.75 Å². The average molecular weight is 321 g/mol. The lowest BCUT2D eigenvalue weighted by Crippen LogP contribution is -2.13. The summed E-state index contributed by atoms with van der Waals surface area (Å²) < 4.78 is 37.6. The molecule has 22 heavy (non-hydrogen) atoms. The third-order valence-electron chi connectivity index (χ3n) is 3.17. The van der Waals surface area contributed by atoms with Gasteiger partial charge < -0.3 is 9.47 Å². The van der Waals surface area contributed by atoms with Crippen molar-refractivity contribution in [2.24, 2.45) is 0 Å². The van der Waals surface area contributed by atoms with Crippen LogP contribution in [0.25, 0.3) is 0 Å². The predicted molar refractivity (Wildman–Crippen MR) is 85.7 cm³/mol. The van der Waals surface area contributed by atoms with Crippen molar-refractivity contribution in [2.45, 2.75) is 18.4 Å². The number of sulfonamides is 1. The van der Waals surface area contributed by atoms with Crippen LogP contribution in [0.4, 0.5) is 5.69 Å². The van der Waals surface area contributed by atoms with E-state index < -0.39 is 10.0 Å². The van der Waals surface area contributed by atoms with Crippen LogP contribution < -0.4 is 9.46 Å². The number of aryl methyl sites for hydroxylation is 1. The predicted octanol–water partition coefficient (Wildman–Crippen LogP) is 2.95. The van der Waals surface area contributed by atoms with Crippen molar-refractivity contribution in [1.82, 2.24) is 0 Å². The summed E-state index contributed by atoms with van der Waals surface area (Å²) in [6, 6.07) is 11.9. The van der Waals surface area contributed by atoms with Crippen LogP contribution in [0.5, 0.6) is 5.75 Å². The van der Waals surface area contributed by atoms with E-state index in [1.54, 1.807) is 51.5 Å². The number of hydrogen-bond donors (Lipinski definition) is 1. The van der Waals surface area contributed by atoms with Crippen molar-refractivity contribution in [3.05, 3.63) is 53.6 Å². The Kier molecular flexibility index (Phi) is 5.05. The molecule has 1 N–H and O–H groups in total. The van der Waals surface area contributed by atoms with Crippen molar-refractivity contribution in [3.8, 4) is 5.75 Å². The van der Waals surface area contributed by atoms with Crippen LogP contribution in [0.15, 0.2) is 47.4 Å². The van der Waals surface area contributed by atoms with E-state index in [0.717, 1.165) is 11.1 Å². The molecule has 0 saturated carbocycles. The van der Waals surface area contributed by atoms with E-state index in [-0.39, 0.29) is 4.90 Å². The molecule has 0 atom stereocenters. The molecule has 2 aromatic carbocycles. The number of benzene rings is 2. The van der Waals surface area contributed by atoms with Gasteiger partial charge in [-0.3, -0.25) is 4.72 Å². The molecule has 118 valence electrons. The third-order valence-corrected chi connectivity index (χ3v) is 4.55. The molecular formula is C16H19NO4S. The molecule has 0 aromatic heterocycles. The molecular weight excluding hydrogens is 302 g/mol. The molecule has 0 fully saturated rings. The summed E-state index contributed by atoms with van der Waals surface area (Å²) in [6.45, 7) is 2.23. The first-order valence-electron chi connectivity index (χ1n) is 6.71. The minimum Gasteiger partial charge on any atom is -0.496 e. The monoisotopic (exact) mass is 321 g/mol. The zero-order valence-corrected chi connectivity index (χ0v) is 13.6. The van der Waals surface area contributed by atoms with E-state index in [2.05, 4.69) is 4.72 Å². The highest BCUT2D eigenvalue weighted by atomic mass is 32.2. The lowest BCUT2D eigenvalue weighted by atomic mass is 10.2. The van der Waals surface area contributed by atoms with Crippen LogP contribution in [-0.4, -0.2) is 22.6 Å². The van der Waals surface area contributed by atoms with E-state index in [1.807, 2.05) is 6.07 Å². The molecule has 0 radical (unpaired) electrons. The van der Waals surface area contributed by atoms with Gasteiger partial charge in [0, 0.05) is 12.8 Å². The number of nitrogens with one attached hydrogen (secondary N) is 1. The summed E-state index contributed by atoms with van der Waals surface area (Å²) in [4.78, 5) is 0.197. The minimum atomic E-state index is -3.64. The second-order valence-corrected chi connectivity index (χ2v) is 6.55. The van der Waals surface area contributed by atoms with Gasteiger partial charge in [-0.25, -0.2) is 8.42 Å². The van der Waals surface area contributed by atoms with Gasteiger partial charge in [0.05, 0.1) is 18.6 Å². The topological polar surface area (TPSA) is 64.6 Å². The number of methoxy groups -OCH3 is 2. The molecule has 0 aliphatic carbocycles. The summed E-state index contributed by atoms with van der Waals surface area (Å²) >= 11 is 0. The third kappa shape index (κ3) is 3.78. The van der Waals surface area contributed by atoms with Gasteiger partial charge >= 0.3 is 0 Å². The van der Waals surface area contributed by atoms with Crippen LogP contribution >= 0.6 is 0 Å². The quantitative estimate of drug-likeness (QED) is 0.888. The molecule has 0 spiro atoms. The maximum atomic E-state index is 12.4. The maximum Gasteiger partial charge on any atom is 0.261 e. The van der Waals surface area contributed by atoms with Crippen LogP contribution in [0.1, 0.15) is 11.1 Å². The minimum absolute atomic E-state index is 0.197. The second kappa shape index (κ2) is 6.81. The lowest BCUT2D eigenvalue weighted by molar-refractivity contribution is 0.185. The highest BCUT2D eigenvalue weighted by Gasteiger charge is 2.15. The zero-order valence-electron chi connectivity index (χ0n) is 12.8. The molecule has 0 unspecified atom stereocenters. The summed E-state index contributed by atoms with van der Waals surface area (Å²) in [5, 5.41) is 0. The van der Waals surface area contributed by atoms with E-state index in [1.165, 1.54) is 6.07 Å². The average Bonchev–Trinajstić information content (AvgIpc) is 2.47. The Balaban J connectivity index is 2.27. The van der Waals surface area contributed by atoms with E-state index >= 15 is 0 Å². The molecule has 0 aliphatic rings. The normalized spacial score (nSPS) is 11.2. The first-order chi connectivity index (χ1) is 10.5.